The van der Waals surface area contributed by atoms with Gasteiger partial charge in [0.2, 0.25) is 0 Å². The van der Waals surface area contributed by atoms with Crippen molar-refractivity contribution in [3.8, 4) is 0 Å². The fourth-order valence-corrected chi connectivity index (χ4v) is 4.16. The first-order valence-electron chi connectivity index (χ1n) is 10.5. The monoisotopic (exact) mass is 474 g/mol. The van der Waals surface area contributed by atoms with Crippen LogP contribution in [-0.2, 0) is 22.1 Å². The predicted octanol–water partition coefficient (Wildman–Crippen LogP) is 3.70. The lowest BCUT2D eigenvalue weighted by Gasteiger charge is -2.33. The molecule has 2 aliphatic heterocycles. The SMILES string of the molecule is CS(=O)c1ccc(N(Cc2ccc(C3=NN=C(C(F)F)C3)cc2)C(=O)N2CCOCC2)cc1. The molecule has 7 nitrogen and oxygen atoms in total. The Labute approximate surface area is 193 Å². The van der Waals surface area contributed by atoms with Crippen molar-refractivity contribution in [1.82, 2.24) is 4.90 Å². The van der Waals surface area contributed by atoms with Gasteiger partial charge in [0.1, 0.15) is 5.71 Å². The average Bonchev–Trinajstić information content (AvgIpc) is 3.34. The highest BCUT2D eigenvalue weighted by Crippen LogP contribution is 2.23. The Morgan fingerprint density at radius 3 is 2.33 bits per heavy atom. The van der Waals surface area contributed by atoms with E-state index in [9.17, 15) is 17.8 Å². The second-order valence-corrected chi connectivity index (χ2v) is 9.11. The minimum absolute atomic E-state index is 0.0316. The van der Waals surface area contributed by atoms with E-state index >= 15 is 0 Å². The quantitative estimate of drug-likeness (QED) is 0.641. The summed E-state index contributed by atoms with van der Waals surface area (Å²) in [4.78, 5) is 17.4. The van der Waals surface area contributed by atoms with Crippen molar-refractivity contribution in [2.75, 3.05) is 37.5 Å². The van der Waals surface area contributed by atoms with Gasteiger partial charge in [-0.25, -0.2) is 13.6 Å². The smallest absolute Gasteiger partial charge is 0.324 e. The van der Waals surface area contributed by atoms with E-state index < -0.39 is 17.2 Å². The molecule has 0 N–H and O–H groups in total. The number of hydrogen-bond donors (Lipinski definition) is 0. The molecule has 174 valence electrons. The van der Waals surface area contributed by atoms with E-state index in [2.05, 4.69) is 10.2 Å². The molecule has 1 fully saturated rings. The number of urea groups is 1. The number of benzene rings is 2. The number of ether oxygens (including phenoxy) is 1. The van der Waals surface area contributed by atoms with Crippen LogP contribution in [0.25, 0.3) is 0 Å². The summed E-state index contributed by atoms with van der Waals surface area (Å²) in [5, 5.41) is 7.44. The van der Waals surface area contributed by atoms with Crippen molar-refractivity contribution in [2.24, 2.45) is 10.2 Å². The maximum Gasteiger partial charge on any atom is 0.324 e. The van der Waals surface area contributed by atoms with Crippen LogP contribution in [0.2, 0.25) is 0 Å². The molecular formula is C23H24F2N4O3S. The number of amides is 2. The fourth-order valence-electron chi connectivity index (χ4n) is 3.64. The van der Waals surface area contributed by atoms with E-state index in [1.54, 1.807) is 52.5 Å². The third-order valence-corrected chi connectivity index (χ3v) is 6.46. The van der Waals surface area contributed by atoms with Crippen LogP contribution in [0.3, 0.4) is 0 Å². The molecule has 1 unspecified atom stereocenters. The van der Waals surface area contributed by atoms with Gasteiger partial charge in [-0.15, -0.1) is 0 Å². The molecule has 1 saturated heterocycles. The standard InChI is InChI=1S/C23H24F2N4O3S/c1-33(31)19-8-6-18(7-9-19)29(23(30)28-10-12-32-13-11-28)15-16-2-4-17(5-3-16)20-14-21(22(24)25)27-26-20/h2-9,22H,10-15H2,1H3. The summed E-state index contributed by atoms with van der Waals surface area (Å²) in [6.45, 7) is 2.32. The minimum Gasteiger partial charge on any atom is -0.378 e. The van der Waals surface area contributed by atoms with Crippen LogP contribution in [0, 0.1) is 0 Å². The molecule has 0 radical (unpaired) electrons. The highest BCUT2D eigenvalue weighted by Gasteiger charge is 2.25. The molecular weight excluding hydrogens is 450 g/mol. The molecule has 2 aliphatic rings. The van der Waals surface area contributed by atoms with E-state index in [4.69, 9.17) is 4.74 Å². The molecule has 0 aromatic heterocycles. The molecule has 0 bridgehead atoms. The van der Waals surface area contributed by atoms with E-state index in [0.29, 0.717) is 49.1 Å². The molecule has 0 aliphatic carbocycles. The Kier molecular flexibility index (Phi) is 7.24. The lowest BCUT2D eigenvalue weighted by atomic mass is 10.0. The van der Waals surface area contributed by atoms with E-state index in [0.717, 1.165) is 11.1 Å². The van der Waals surface area contributed by atoms with Crippen molar-refractivity contribution in [1.29, 1.82) is 0 Å². The van der Waals surface area contributed by atoms with Crippen LogP contribution in [-0.4, -0.2) is 65.5 Å². The topological polar surface area (TPSA) is 74.6 Å². The van der Waals surface area contributed by atoms with Crippen molar-refractivity contribution >= 4 is 33.9 Å². The van der Waals surface area contributed by atoms with Gasteiger partial charge in [0.05, 0.1) is 25.5 Å². The maximum atomic E-state index is 13.3. The molecule has 2 heterocycles. The summed E-state index contributed by atoms with van der Waals surface area (Å²) in [6.07, 6.45) is -0.970. The number of hydrogen-bond acceptors (Lipinski definition) is 5. The summed E-state index contributed by atoms with van der Waals surface area (Å²) >= 11 is 0. The first kappa shape index (κ1) is 23.2. The molecule has 2 aromatic carbocycles. The van der Waals surface area contributed by atoms with Gasteiger partial charge >= 0.3 is 6.03 Å². The van der Waals surface area contributed by atoms with Gasteiger partial charge in [0, 0.05) is 47.1 Å². The van der Waals surface area contributed by atoms with Gasteiger partial charge < -0.3 is 9.64 Å². The van der Waals surface area contributed by atoms with Gasteiger partial charge in [-0.05, 0) is 35.4 Å². The molecule has 4 rings (SSSR count). The number of rotatable bonds is 6. The molecule has 0 saturated carbocycles. The number of carbonyl (C=O) groups excluding carboxylic acids is 1. The van der Waals surface area contributed by atoms with E-state index in [1.807, 2.05) is 12.1 Å². The number of halogens is 2. The van der Waals surface area contributed by atoms with Crippen molar-refractivity contribution in [3.63, 3.8) is 0 Å². The van der Waals surface area contributed by atoms with Gasteiger partial charge in [0.15, 0.2) is 0 Å². The summed E-state index contributed by atoms with van der Waals surface area (Å²) in [7, 11) is -1.11. The first-order valence-corrected chi connectivity index (χ1v) is 12.1. The average molecular weight is 475 g/mol. The molecule has 0 spiro atoms. The zero-order chi connectivity index (χ0) is 23.4. The summed E-state index contributed by atoms with van der Waals surface area (Å²) in [6, 6.07) is 14.3. The molecule has 33 heavy (non-hydrogen) atoms. The molecule has 2 amide bonds. The lowest BCUT2D eigenvalue weighted by Crippen LogP contribution is -2.48. The van der Waals surface area contributed by atoms with Gasteiger partial charge in [0.25, 0.3) is 6.43 Å². The Bertz CT molecular complexity index is 1080. The minimum atomic E-state index is -2.61. The van der Waals surface area contributed by atoms with Crippen LogP contribution in [0.15, 0.2) is 63.6 Å². The maximum absolute atomic E-state index is 13.3. The zero-order valence-corrected chi connectivity index (χ0v) is 18.9. The summed E-state index contributed by atoms with van der Waals surface area (Å²) in [5.74, 6) is 0. The highest BCUT2D eigenvalue weighted by molar-refractivity contribution is 7.84. The predicted molar refractivity (Wildman–Crippen MR) is 124 cm³/mol. The highest BCUT2D eigenvalue weighted by atomic mass is 32.2. The van der Waals surface area contributed by atoms with Crippen LogP contribution in [0.5, 0.6) is 0 Å². The van der Waals surface area contributed by atoms with Crippen LogP contribution in [0.1, 0.15) is 17.5 Å². The van der Waals surface area contributed by atoms with Crippen LogP contribution >= 0.6 is 0 Å². The third kappa shape index (κ3) is 5.51. The second kappa shape index (κ2) is 10.3. The largest absolute Gasteiger partial charge is 0.378 e. The van der Waals surface area contributed by atoms with Crippen LogP contribution in [0.4, 0.5) is 19.3 Å². The Morgan fingerprint density at radius 2 is 1.76 bits per heavy atom. The summed E-state index contributed by atoms with van der Waals surface area (Å²) in [5.41, 5.74) is 2.56. The van der Waals surface area contributed by atoms with Crippen molar-refractivity contribution < 1.29 is 22.5 Å². The number of anilines is 1. The van der Waals surface area contributed by atoms with Gasteiger partial charge in [-0.1, -0.05) is 24.3 Å². The zero-order valence-electron chi connectivity index (χ0n) is 18.1. The van der Waals surface area contributed by atoms with Crippen molar-refractivity contribution in [3.05, 3.63) is 59.7 Å². The first-order chi connectivity index (χ1) is 15.9. The second-order valence-electron chi connectivity index (χ2n) is 7.73. The molecule has 2 aromatic rings. The number of alkyl halides is 2. The van der Waals surface area contributed by atoms with Gasteiger partial charge in [-0.3, -0.25) is 9.11 Å². The number of carbonyl (C=O) groups is 1. The number of morpholine rings is 1. The summed E-state index contributed by atoms with van der Waals surface area (Å²) < 4.78 is 42.8. The fraction of sp³-hybridized carbons (Fsp3) is 0.348. The van der Waals surface area contributed by atoms with E-state index in [-0.39, 0.29) is 18.2 Å². The van der Waals surface area contributed by atoms with Crippen molar-refractivity contribution in [2.45, 2.75) is 24.3 Å². The van der Waals surface area contributed by atoms with Crippen LogP contribution < -0.4 is 4.90 Å². The Hall–Kier alpha value is -2.98. The number of nitrogens with zero attached hydrogens (tertiary/aromatic N) is 4. The normalized spacial score (nSPS) is 17.0. The third-order valence-electron chi connectivity index (χ3n) is 5.52. The lowest BCUT2D eigenvalue weighted by molar-refractivity contribution is 0.0548. The molecule has 10 heteroatoms. The van der Waals surface area contributed by atoms with Gasteiger partial charge in [-0.2, -0.15) is 10.2 Å². The van der Waals surface area contributed by atoms with E-state index in [1.165, 1.54) is 0 Å². The molecule has 1 atom stereocenters. The Balaban J connectivity index is 1.53. The Morgan fingerprint density at radius 1 is 1.09 bits per heavy atom.